The maximum Gasteiger partial charge on any atom is 0.232 e. The van der Waals surface area contributed by atoms with Gasteiger partial charge in [-0.25, -0.2) is 8.42 Å². The lowest BCUT2D eigenvalue weighted by molar-refractivity contribution is -0.125. The predicted molar refractivity (Wildman–Crippen MR) is 100 cm³/mol. The average Bonchev–Trinajstić information content (AvgIpc) is 3.03. The van der Waals surface area contributed by atoms with Crippen LogP contribution in [0.25, 0.3) is 0 Å². The molecule has 2 aliphatic heterocycles. The van der Waals surface area contributed by atoms with Gasteiger partial charge in [-0.05, 0) is 12.1 Å². The molecule has 9 heteroatoms. The number of nitrogens with zero attached hydrogens (tertiary/aromatic N) is 3. The molecule has 0 N–H and O–H groups in total. The summed E-state index contributed by atoms with van der Waals surface area (Å²) in [7, 11) is 1.89. The fraction of sp³-hybridized carbons (Fsp3) is 0.500. The Balaban J connectivity index is 1.93. The molecular weight excluding hydrogens is 362 g/mol. The van der Waals surface area contributed by atoms with Crippen LogP contribution in [0.2, 0.25) is 0 Å². The van der Waals surface area contributed by atoms with E-state index in [1.54, 1.807) is 21.2 Å². The van der Waals surface area contributed by atoms with Crippen LogP contribution in [0.1, 0.15) is 0 Å². The molecular formula is C16H21N3O4S2. The van der Waals surface area contributed by atoms with Gasteiger partial charge in [0.1, 0.15) is 5.75 Å². The number of rotatable bonds is 4. The maximum absolute atomic E-state index is 12.0. The number of hydrogen-bond acceptors (Lipinski definition) is 7. The minimum atomic E-state index is -3.11. The maximum atomic E-state index is 12.0. The molecule has 0 aliphatic carbocycles. The first-order valence-corrected chi connectivity index (χ1v) is 10.7. The lowest BCUT2D eigenvalue weighted by Crippen LogP contribution is -2.39. The zero-order valence-electron chi connectivity index (χ0n) is 14.4. The van der Waals surface area contributed by atoms with Crippen molar-refractivity contribution in [1.29, 1.82) is 0 Å². The summed E-state index contributed by atoms with van der Waals surface area (Å²) in [6.07, 6.45) is 0. The normalized spacial score (nSPS) is 24.0. The number of amidine groups is 1. The van der Waals surface area contributed by atoms with E-state index in [9.17, 15) is 13.2 Å². The summed E-state index contributed by atoms with van der Waals surface area (Å²) < 4.78 is 29.5. The summed E-state index contributed by atoms with van der Waals surface area (Å²) in [4.78, 5) is 20.0. The molecule has 25 heavy (non-hydrogen) atoms. The van der Waals surface area contributed by atoms with Crippen molar-refractivity contribution in [3.8, 4) is 5.75 Å². The number of benzene rings is 1. The zero-order chi connectivity index (χ0) is 18.2. The topological polar surface area (TPSA) is 79.3 Å². The molecule has 0 aromatic heterocycles. The van der Waals surface area contributed by atoms with E-state index >= 15 is 0 Å². The smallest absolute Gasteiger partial charge is 0.232 e. The molecule has 1 aromatic carbocycles. The lowest BCUT2D eigenvalue weighted by Gasteiger charge is -2.28. The van der Waals surface area contributed by atoms with Crippen LogP contribution in [0.5, 0.6) is 5.75 Å². The summed E-state index contributed by atoms with van der Waals surface area (Å²) >= 11 is 1.33. The Hall–Kier alpha value is -1.74. The third kappa shape index (κ3) is 3.62. The molecule has 1 amide bonds. The highest BCUT2D eigenvalue weighted by atomic mass is 32.2. The number of aliphatic imine (C=N–C) groups is 1. The summed E-state index contributed by atoms with van der Waals surface area (Å²) in [6, 6.07) is 6.91. The number of amides is 1. The van der Waals surface area contributed by atoms with E-state index in [-0.39, 0.29) is 35.2 Å². The standard InChI is InChI=1S/C16H21N3O4S2/c1-18(2)15(20)8-24-16-17-11-9-25(21,22)10-13(11)19(16)12-6-4-5-7-14(12)23-3/h4-7,11,13H,8-10H2,1-3H3/t11-,13+/m1/s1. The van der Waals surface area contributed by atoms with Crippen molar-refractivity contribution in [2.75, 3.05) is 43.4 Å². The Kier molecular flexibility index (Phi) is 4.97. The molecule has 2 heterocycles. The van der Waals surface area contributed by atoms with Crippen LogP contribution in [-0.4, -0.2) is 74.9 Å². The van der Waals surface area contributed by atoms with Crippen LogP contribution in [0.4, 0.5) is 5.69 Å². The second-order valence-electron chi connectivity index (χ2n) is 6.24. The van der Waals surface area contributed by atoms with Gasteiger partial charge in [0.25, 0.3) is 0 Å². The van der Waals surface area contributed by atoms with Gasteiger partial charge in [-0.3, -0.25) is 9.79 Å². The van der Waals surface area contributed by atoms with Crippen molar-refractivity contribution >= 4 is 38.4 Å². The monoisotopic (exact) mass is 383 g/mol. The number of sulfone groups is 1. The van der Waals surface area contributed by atoms with E-state index in [2.05, 4.69) is 4.99 Å². The van der Waals surface area contributed by atoms with Gasteiger partial charge in [0.15, 0.2) is 15.0 Å². The molecule has 3 rings (SSSR count). The van der Waals surface area contributed by atoms with Crippen LogP contribution in [-0.2, 0) is 14.6 Å². The van der Waals surface area contributed by atoms with Gasteiger partial charge in [-0.2, -0.15) is 0 Å². The summed E-state index contributed by atoms with van der Waals surface area (Å²) in [6.45, 7) is 0. The number of thioether (sulfide) groups is 1. The molecule has 1 fully saturated rings. The van der Waals surface area contributed by atoms with E-state index < -0.39 is 9.84 Å². The van der Waals surface area contributed by atoms with Gasteiger partial charge in [0.2, 0.25) is 5.91 Å². The Morgan fingerprint density at radius 2 is 2.08 bits per heavy atom. The van der Waals surface area contributed by atoms with E-state index in [0.29, 0.717) is 10.9 Å². The van der Waals surface area contributed by atoms with E-state index in [0.717, 1.165) is 5.69 Å². The van der Waals surface area contributed by atoms with Crippen LogP contribution in [0, 0.1) is 0 Å². The third-order valence-electron chi connectivity index (χ3n) is 4.28. The summed E-state index contributed by atoms with van der Waals surface area (Å²) in [5.41, 5.74) is 0.776. The van der Waals surface area contributed by atoms with Crippen molar-refractivity contribution < 1.29 is 17.9 Å². The number of carbonyl (C=O) groups is 1. The zero-order valence-corrected chi connectivity index (χ0v) is 16.0. The highest BCUT2D eigenvalue weighted by Gasteiger charge is 2.47. The molecule has 1 saturated heterocycles. The van der Waals surface area contributed by atoms with E-state index in [4.69, 9.17) is 4.74 Å². The summed E-state index contributed by atoms with van der Waals surface area (Å²) in [5.74, 6) is 1.00. The van der Waals surface area contributed by atoms with E-state index in [1.165, 1.54) is 16.7 Å². The number of ether oxygens (including phenoxy) is 1. The van der Waals surface area contributed by atoms with Gasteiger partial charge in [0.05, 0.1) is 42.1 Å². The van der Waals surface area contributed by atoms with Gasteiger partial charge >= 0.3 is 0 Å². The van der Waals surface area contributed by atoms with Crippen molar-refractivity contribution in [3.05, 3.63) is 24.3 Å². The predicted octanol–water partition coefficient (Wildman–Crippen LogP) is 0.858. The van der Waals surface area contributed by atoms with Gasteiger partial charge < -0.3 is 14.5 Å². The minimum Gasteiger partial charge on any atom is -0.495 e. The number of para-hydroxylation sites is 2. The van der Waals surface area contributed by atoms with Crippen molar-refractivity contribution in [2.45, 2.75) is 12.1 Å². The highest BCUT2D eigenvalue weighted by molar-refractivity contribution is 8.14. The Morgan fingerprint density at radius 1 is 1.36 bits per heavy atom. The molecule has 0 radical (unpaired) electrons. The molecule has 1 aromatic rings. The quantitative estimate of drug-likeness (QED) is 0.767. The summed E-state index contributed by atoms with van der Waals surface area (Å²) in [5, 5.41) is 0.671. The first-order chi connectivity index (χ1) is 11.8. The van der Waals surface area contributed by atoms with Crippen molar-refractivity contribution in [2.24, 2.45) is 4.99 Å². The Bertz CT molecular complexity index is 807. The number of carbonyl (C=O) groups excluding carboxylic acids is 1. The largest absolute Gasteiger partial charge is 0.495 e. The Morgan fingerprint density at radius 3 is 2.76 bits per heavy atom. The number of hydrogen-bond donors (Lipinski definition) is 0. The fourth-order valence-corrected chi connectivity index (χ4v) is 5.94. The van der Waals surface area contributed by atoms with Crippen molar-refractivity contribution in [1.82, 2.24) is 4.90 Å². The molecule has 2 aliphatic rings. The second-order valence-corrected chi connectivity index (χ2v) is 9.34. The molecule has 136 valence electrons. The Labute approximate surface area is 152 Å². The highest BCUT2D eigenvalue weighted by Crippen LogP contribution is 2.39. The third-order valence-corrected chi connectivity index (χ3v) is 6.93. The van der Waals surface area contributed by atoms with Crippen LogP contribution in [0.15, 0.2) is 29.3 Å². The SMILES string of the molecule is COc1ccccc1N1C(SCC(=O)N(C)C)=N[C@@H]2CS(=O)(=O)C[C@@H]21. The molecule has 0 spiro atoms. The number of methoxy groups -OCH3 is 1. The van der Waals surface area contributed by atoms with Gasteiger partial charge in [-0.15, -0.1) is 0 Å². The minimum absolute atomic E-state index is 0.0163. The van der Waals surface area contributed by atoms with Crippen LogP contribution < -0.4 is 9.64 Å². The van der Waals surface area contributed by atoms with Crippen molar-refractivity contribution in [3.63, 3.8) is 0 Å². The molecule has 2 atom stereocenters. The molecule has 0 unspecified atom stereocenters. The number of anilines is 1. The molecule has 0 saturated carbocycles. The lowest BCUT2D eigenvalue weighted by atomic mass is 10.1. The number of fused-ring (bicyclic) bond motifs is 1. The molecule has 0 bridgehead atoms. The van der Waals surface area contributed by atoms with Crippen LogP contribution >= 0.6 is 11.8 Å². The fourth-order valence-electron chi connectivity index (χ4n) is 3.00. The molecule has 7 nitrogen and oxygen atoms in total. The average molecular weight is 383 g/mol. The first kappa shape index (κ1) is 18.1. The van der Waals surface area contributed by atoms with Crippen LogP contribution in [0.3, 0.4) is 0 Å². The second kappa shape index (κ2) is 6.87. The van der Waals surface area contributed by atoms with Gasteiger partial charge in [0, 0.05) is 14.1 Å². The van der Waals surface area contributed by atoms with E-state index in [1.807, 2.05) is 29.2 Å². The first-order valence-electron chi connectivity index (χ1n) is 7.86. The van der Waals surface area contributed by atoms with Gasteiger partial charge in [-0.1, -0.05) is 23.9 Å².